The van der Waals surface area contributed by atoms with E-state index in [4.69, 9.17) is 16.3 Å². The molecule has 2 nitrogen and oxygen atoms in total. The van der Waals surface area contributed by atoms with Crippen LogP contribution in [0.5, 0.6) is 0 Å². The van der Waals surface area contributed by atoms with Crippen LogP contribution in [0.4, 0.5) is 0 Å². The summed E-state index contributed by atoms with van der Waals surface area (Å²) in [6, 6.07) is 8.17. The number of halogens is 1. The Hall–Kier alpha value is -0.570. The number of methoxy groups -OCH3 is 1. The van der Waals surface area contributed by atoms with Gasteiger partial charge >= 0.3 is 0 Å². The fourth-order valence-corrected chi connectivity index (χ4v) is 2.64. The van der Waals surface area contributed by atoms with Crippen molar-refractivity contribution in [3.8, 4) is 0 Å². The van der Waals surface area contributed by atoms with Crippen LogP contribution in [0.15, 0.2) is 24.3 Å². The third-order valence-corrected chi connectivity index (χ3v) is 4.22. The molecule has 0 aliphatic heterocycles. The summed E-state index contributed by atoms with van der Waals surface area (Å²) in [4.78, 5) is 0. The molecule has 2 atom stereocenters. The van der Waals surface area contributed by atoms with Crippen LogP contribution in [0.2, 0.25) is 5.02 Å². The van der Waals surface area contributed by atoms with E-state index in [2.05, 4.69) is 31.3 Å². The van der Waals surface area contributed by atoms with Crippen molar-refractivity contribution in [1.82, 2.24) is 5.32 Å². The number of nitrogens with one attached hydrogen (secondary N) is 1. The zero-order chi connectivity index (χ0) is 14.8. The first-order chi connectivity index (χ1) is 9.69. The maximum atomic E-state index is 6.29. The van der Waals surface area contributed by atoms with E-state index in [0.29, 0.717) is 11.8 Å². The van der Waals surface area contributed by atoms with Gasteiger partial charge in [0, 0.05) is 18.7 Å². The largest absolute Gasteiger partial charge is 0.385 e. The molecule has 0 saturated carbocycles. The van der Waals surface area contributed by atoms with Crippen LogP contribution in [-0.2, 0) is 11.2 Å². The molecule has 1 N–H and O–H groups in total. The molecule has 1 aromatic rings. The minimum Gasteiger partial charge on any atom is -0.385 e. The van der Waals surface area contributed by atoms with Gasteiger partial charge in [0.05, 0.1) is 0 Å². The van der Waals surface area contributed by atoms with E-state index >= 15 is 0 Å². The van der Waals surface area contributed by atoms with Crippen molar-refractivity contribution in [2.45, 2.75) is 33.1 Å². The Morgan fingerprint density at radius 2 is 2.05 bits per heavy atom. The van der Waals surface area contributed by atoms with E-state index in [0.717, 1.165) is 37.6 Å². The maximum Gasteiger partial charge on any atom is 0.0464 e. The Kier molecular flexibility index (Phi) is 8.92. The van der Waals surface area contributed by atoms with Gasteiger partial charge in [0.15, 0.2) is 0 Å². The average Bonchev–Trinajstić information content (AvgIpc) is 2.46. The fourth-order valence-electron chi connectivity index (χ4n) is 2.42. The zero-order valence-electron chi connectivity index (χ0n) is 13.0. The molecule has 3 heteroatoms. The van der Waals surface area contributed by atoms with E-state index in [9.17, 15) is 0 Å². The van der Waals surface area contributed by atoms with E-state index < -0.39 is 0 Å². The van der Waals surface area contributed by atoms with Crippen LogP contribution in [0, 0.1) is 11.8 Å². The number of hydrogen-bond donors (Lipinski definition) is 1. The lowest BCUT2D eigenvalue weighted by Gasteiger charge is -2.25. The predicted molar refractivity (Wildman–Crippen MR) is 87.5 cm³/mol. The fraction of sp³-hybridized carbons (Fsp3) is 0.647. The molecule has 0 fully saturated rings. The van der Waals surface area contributed by atoms with Crippen molar-refractivity contribution >= 4 is 11.6 Å². The van der Waals surface area contributed by atoms with Crippen molar-refractivity contribution in [3.05, 3.63) is 34.9 Å². The molecule has 0 amide bonds. The van der Waals surface area contributed by atoms with Gasteiger partial charge < -0.3 is 10.1 Å². The standard InChI is InChI=1S/C17H28ClNO/c1-4-10-19-13-16(14(2)9-11-20-3)12-15-7-5-6-8-17(15)18/h5-8,14,16,19H,4,9-13H2,1-3H3. The lowest BCUT2D eigenvalue weighted by atomic mass is 9.86. The van der Waals surface area contributed by atoms with Gasteiger partial charge in [0.2, 0.25) is 0 Å². The molecular formula is C17H28ClNO. The molecule has 0 radical (unpaired) electrons. The molecular weight excluding hydrogens is 270 g/mol. The van der Waals surface area contributed by atoms with Crippen molar-refractivity contribution in [3.63, 3.8) is 0 Å². The van der Waals surface area contributed by atoms with Crippen molar-refractivity contribution in [2.75, 3.05) is 26.8 Å². The lowest BCUT2D eigenvalue weighted by Crippen LogP contribution is -2.30. The number of ether oxygens (including phenoxy) is 1. The zero-order valence-corrected chi connectivity index (χ0v) is 13.7. The Bertz CT molecular complexity index is 370. The molecule has 0 aliphatic carbocycles. The van der Waals surface area contributed by atoms with E-state index in [1.54, 1.807) is 7.11 Å². The molecule has 0 spiro atoms. The second-order valence-corrected chi connectivity index (χ2v) is 5.93. The summed E-state index contributed by atoms with van der Waals surface area (Å²) in [6.45, 7) is 7.46. The first-order valence-corrected chi connectivity index (χ1v) is 7.99. The third-order valence-electron chi connectivity index (χ3n) is 3.86. The molecule has 2 unspecified atom stereocenters. The Labute approximate surface area is 128 Å². The molecule has 0 heterocycles. The first-order valence-electron chi connectivity index (χ1n) is 7.62. The van der Waals surface area contributed by atoms with Gasteiger partial charge in [-0.05, 0) is 55.8 Å². The summed E-state index contributed by atoms with van der Waals surface area (Å²) in [5.41, 5.74) is 1.25. The van der Waals surface area contributed by atoms with Gasteiger partial charge in [0.25, 0.3) is 0 Å². The molecule has 0 saturated heterocycles. The smallest absolute Gasteiger partial charge is 0.0464 e. The molecule has 1 rings (SSSR count). The van der Waals surface area contributed by atoms with Crippen LogP contribution in [0.1, 0.15) is 32.3 Å². The molecule has 0 aliphatic rings. The van der Waals surface area contributed by atoms with E-state index in [-0.39, 0.29) is 0 Å². The second-order valence-electron chi connectivity index (χ2n) is 5.52. The van der Waals surface area contributed by atoms with Crippen LogP contribution >= 0.6 is 11.6 Å². The summed E-state index contributed by atoms with van der Waals surface area (Å²) in [7, 11) is 1.77. The summed E-state index contributed by atoms with van der Waals surface area (Å²) in [6.07, 6.45) is 3.30. The monoisotopic (exact) mass is 297 g/mol. The second kappa shape index (κ2) is 10.2. The van der Waals surface area contributed by atoms with Crippen LogP contribution in [0.3, 0.4) is 0 Å². The van der Waals surface area contributed by atoms with Crippen LogP contribution in [-0.4, -0.2) is 26.8 Å². The lowest BCUT2D eigenvalue weighted by molar-refractivity contribution is 0.164. The Morgan fingerprint density at radius 3 is 2.70 bits per heavy atom. The highest BCUT2D eigenvalue weighted by molar-refractivity contribution is 6.31. The quantitative estimate of drug-likeness (QED) is 0.654. The van der Waals surface area contributed by atoms with Crippen molar-refractivity contribution < 1.29 is 4.74 Å². The highest BCUT2D eigenvalue weighted by Gasteiger charge is 2.18. The van der Waals surface area contributed by atoms with Gasteiger partial charge in [-0.25, -0.2) is 0 Å². The van der Waals surface area contributed by atoms with Crippen LogP contribution < -0.4 is 5.32 Å². The highest BCUT2D eigenvalue weighted by atomic mass is 35.5. The average molecular weight is 298 g/mol. The van der Waals surface area contributed by atoms with Gasteiger partial charge in [-0.1, -0.05) is 43.6 Å². The summed E-state index contributed by atoms with van der Waals surface area (Å²) in [5, 5.41) is 4.43. The van der Waals surface area contributed by atoms with Gasteiger partial charge in [0.1, 0.15) is 0 Å². The molecule has 114 valence electrons. The van der Waals surface area contributed by atoms with E-state index in [1.807, 2.05) is 12.1 Å². The number of rotatable bonds is 10. The molecule has 20 heavy (non-hydrogen) atoms. The minimum absolute atomic E-state index is 0.594. The molecule has 1 aromatic carbocycles. The minimum atomic E-state index is 0.594. The highest BCUT2D eigenvalue weighted by Crippen LogP contribution is 2.24. The summed E-state index contributed by atoms with van der Waals surface area (Å²) >= 11 is 6.29. The summed E-state index contributed by atoms with van der Waals surface area (Å²) in [5.74, 6) is 1.21. The van der Waals surface area contributed by atoms with E-state index in [1.165, 1.54) is 12.0 Å². The third kappa shape index (κ3) is 6.25. The Balaban J connectivity index is 2.63. The van der Waals surface area contributed by atoms with Crippen molar-refractivity contribution in [1.29, 1.82) is 0 Å². The normalized spacial score (nSPS) is 14.2. The summed E-state index contributed by atoms with van der Waals surface area (Å²) < 4.78 is 5.22. The Morgan fingerprint density at radius 1 is 1.30 bits per heavy atom. The molecule has 0 bridgehead atoms. The van der Waals surface area contributed by atoms with Gasteiger partial charge in [-0.3, -0.25) is 0 Å². The van der Waals surface area contributed by atoms with Gasteiger partial charge in [-0.2, -0.15) is 0 Å². The first kappa shape index (κ1) is 17.5. The molecule has 0 aromatic heterocycles. The SMILES string of the molecule is CCCNCC(Cc1ccccc1Cl)C(C)CCOC. The topological polar surface area (TPSA) is 21.3 Å². The number of benzene rings is 1. The number of hydrogen-bond acceptors (Lipinski definition) is 2. The van der Waals surface area contributed by atoms with Crippen molar-refractivity contribution in [2.24, 2.45) is 11.8 Å². The predicted octanol–water partition coefficient (Wildman–Crippen LogP) is 4.17. The van der Waals surface area contributed by atoms with Gasteiger partial charge in [-0.15, -0.1) is 0 Å². The van der Waals surface area contributed by atoms with Crippen LogP contribution in [0.25, 0.3) is 0 Å². The maximum absolute atomic E-state index is 6.29.